The smallest absolute Gasteiger partial charge is 0.237 e. The van der Waals surface area contributed by atoms with Crippen molar-refractivity contribution in [2.45, 2.75) is 25.4 Å². The molecule has 16 heavy (non-hydrogen) atoms. The van der Waals surface area contributed by atoms with Crippen LogP contribution in [0, 0.1) is 0 Å². The number of carbonyl (C=O) groups excluding carboxylic acids is 2. The Morgan fingerprint density at radius 2 is 2.38 bits per heavy atom. The van der Waals surface area contributed by atoms with E-state index in [1.54, 1.807) is 35.7 Å². The lowest BCUT2D eigenvalue weighted by Crippen LogP contribution is -2.47. The second-order valence-electron chi connectivity index (χ2n) is 3.42. The number of amides is 1. The molecule has 88 valence electrons. The number of H-pyrrole nitrogens is 1. The number of hydrogen-bond acceptors (Lipinski definition) is 4. The van der Waals surface area contributed by atoms with Crippen molar-refractivity contribution in [3.63, 3.8) is 0 Å². The van der Waals surface area contributed by atoms with Gasteiger partial charge in [0.25, 0.3) is 0 Å². The number of carbonyl (C=O) groups is 2. The molecule has 2 unspecified atom stereocenters. The van der Waals surface area contributed by atoms with Crippen molar-refractivity contribution < 1.29 is 9.59 Å². The molecule has 0 aromatic carbocycles. The molecule has 0 spiro atoms. The maximum Gasteiger partial charge on any atom is 0.237 e. The number of nitrogens with zero attached hydrogens (tertiary/aromatic N) is 1. The van der Waals surface area contributed by atoms with Gasteiger partial charge >= 0.3 is 0 Å². The number of aromatic amines is 1. The van der Waals surface area contributed by atoms with E-state index in [9.17, 15) is 9.59 Å². The summed E-state index contributed by atoms with van der Waals surface area (Å²) in [7, 11) is 0. The third-order valence-corrected chi connectivity index (χ3v) is 2.96. The molecular formula is C9H13IN4O2. The first-order valence-electron chi connectivity index (χ1n) is 4.73. The third-order valence-electron chi connectivity index (χ3n) is 2.03. The quantitative estimate of drug-likeness (QED) is 0.510. The van der Waals surface area contributed by atoms with Gasteiger partial charge in [-0.15, -0.1) is 0 Å². The molecule has 0 saturated heterocycles. The van der Waals surface area contributed by atoms with Gasteiger partial charge < -0.3 is 16.0 Å². The fourth-order valence-electron chi connectivity index (χ4n) is 1.10. The zero-order valence-electron chi connectivity index (χ0n) is 8.74. The molecule has 6 nitrogen and oxygen atoms in total. The largest absolute Gasteiger partial charge is 0.348 e. The van der Waals surface area contributed by atoms with Crippen LogP contribution in [0.25, 0.3) is 0 Å². The predicted octanol–water partition coefficient (Wildman–Crippen LogP) is -0.254. The topological polar surface area (TPSA) is 101 Å². The van der Waals surface area contributed by atoms with Crippen LogP contribution in [0.3, 0.4) is 0 Å². The molecule has 1 aromatic heterocycles. The minimum Gasteiger partial charge on any atom is -0.348 e. The Morgan fingerprint density at radius 1 is 1.69 bits per heavy atom. The summed E-state index contributed by atoms with van der Waals surface area (Å²) >= 11 is 1.64. The summed E-state index contributed by atoms with van der Waals surface area (Å²) in [6, 6.07) is -1.19. The Kier molecular flexibility index (Phi) is 4.87. The zero-order valence-corrected chi connectivity index (χ0v) is 10.9. The molecule has 1 amide bonds. The second kappa shape index (κ2) is 5.94. The van der Waals surface area contributed by atoms with Gasteiger partial charge in [-0.25, -0.2) is 4.98 Å². The first-order valence-corrected chi connectivity index (χ1v) is 5.81. The van der Waals surface area contributed by atoms with Gasteiger partial charge in [0.1, 0.15) is 0 Å². The summed E-state index contributed by atoms with van der Waals surface area (Å²) in [4.78, 5) is 29.2. The molecule has 1 aromatic rings. The molecule has 0 saturated carbocycles. The first-order chi connectivity index (χ1) is 7.50. The molecule has 0 aliphatic carbocycles. The number of nitrogens with one attached hydrogen (secondary N) is 2. The highest BCUT2D eigenvalue weighted by atomic mass is 127. The fourth-order valence-corrected chi connectivity index (χ4v) is 1.26. The van der Waals surface area contributed by atoms with Crippen molar-refractivity contribution in [3.8, 4) is 0 Å². The van der Waals surface area contributed by atoms with E-state index in [1.165, 1.54) is 6.33 Å². The van der Waals surface area contributed by atoms with Crippen molar-refractivity contribution in [3.05, 3.63) is 18.2 Å². The van der Waals surface area contributed by atoms with Crippen LogP contribution in [-0.2, 0) is 16.0 Å². The van der Waals surface area contributed by atoms with E-state index in [0.717, 1.165) is 5.69 Å². The SMILES string of the molecule is CC(NC(=O)C(N)Cc1cnc[nH]1)C(=O)I. The number of halogens is 1. The lowest BCUT2D eigenvalue weighted by Gasteiger charge is -2.14. The molecule has 4 N–H and O–H groups in total. The normalized spacial score (nSPS) is 14.2. The highest BCUT2D eigenvalue weighted by molar-refractivity contribution is 14.1. The van der Waals surface area contributed by atoms with Gasteiger partial charge in [-0.2, -0.15) is 0 Å². The van der Waals surface area contributed by atoms with E-state index < -0.39 is 12.1 Å². The summed E-state index contributed by atoms with van der Waals surface area (Å²) in [5.41, 5.74) is 6.47. The number of rotatable bonds is 5. The van der Waals surface area contributed by atoms with Crippen LogP contribution in [0.2, 0.25) is 0 Å². The Balaban J connectivity index is 2.45. The van der Waals surface area contributed by atoms with Crippen LogP contribution in [0.15, 0.2) is 12.5 Å². The van der Waals surface area contributed by atoms with Crippen LogP contribution >= 0.6 is 22.6 Å². The molecule has 7 heteroatoms. The maximum atomic E-state index is 11.6. The van der Waals surface area contributed by atoms with E-state index >= 15 is 0 Å². The molecule has 1 heterocycles. The monoisotopic (exact) mass is 336 g/mol. The van der Waals surface area contributed by atoms with Crippen molar-refractivity contribution in [1.29, 1.82) is 0 Å². The molecular weight excluding hydrogens is 323 g/mol. The Morgan fingerprint density at radius 3 is 2.88 bits per heavy atom. The van der Waals surface area contributed by atoms with Crippen LogP contribution in [-0.4, -0.2) is 31.7 Å². The van der Waals surface area contributed by atoms with E-state index in [0.29, 0.717) is 6.42 Å². The number of hydrogen-bond donors (Lipinski definition) is 3. The number of aromatic nitrogens is 2. The lowest BCUT2D eigenvalue weighted by atomic mass is 10.1. The molecule has 1 rings (SSSR count). The van der Waals surface area contributed by atoms with Gasteiger partial charge in [-0.3, -0.25) is 9.59 Å². The number of imidazole rings is 1. The van der Waals surface area contributed by atoms with Crippen molar-refractivity contribution >= 4 is 32.3 Å². The summed E-state index contributed by atoms with van der Waals surface area (Å²) in [5.74, 6) is -0.341. The third kappa shape index (κ3) is 3.89. The summed E-state index contributed by atoms with van der Waals surface area (Å²) in [6.45, 7) is 1.62. The lowest BCUT2D eigenvalue weighted by molar-refractivity contribution is -0.125. The maximum absolute atomic E-state index is 11.6. The van der Waals surface area contributed by atoms with Gasteiger partial charge in [-0.1, -0.05) is 0 Å². The van der Waals surface area contributed by atoms with Crippen LogP contribution in [0.5, 0.6) is 0 Å². The molecule has 0 bridgehead atoms. The average molecular weight is 336 g/mol. The summed E-state index contributed by atoms with van der Waals surface area (Å²) in [6.07, 6.45) is 3.50. The Hall–Kier alpha value is -0.960. The fraction of sp³-hybridized carbons (Fsp3) is 0.444. The minimum atomic E-state index is -0.682. The van der Waals surface area contributed by atoms with Crippen molar-refractivity contribution in [2.75, 3.05) is 0 Å². The standard InChI is InChI=1S/C9H13IN4O2/c1-5(8(10)15)14-9(16)7(11)2-6-3-12-4-13-6/h3-5,7H,2,11H2,1H3,(H,12,13)(H,14,16). The molecule has 2 atom stereocenters. The van der Waals surface area contributed by atoms with Gasteiger partial charge in [0, 0.05) is 40.9 Å². The van der Waals surface area contributed by atoms with Gasteiger partial charge in [-0.05, 0) is 6.92 Å². The van der Waals surface area contributed by atoms with Crippen LogP contribution < -0.4 is 11.1 Å². The zero-order chi connectivity index (χ0) is 12.1. The van der Waals surface area contributed by atoms with Crippen LogP contribution in [0.1, 0.15) is 12.6 Å². The average Bonchev–Trinajstić information content (AvgIpc) is 2.69. The van der Waals surface area contributed by atoms with Gasteiger partial charge in [0.2, 0.25) is 9.70 Å². The minimum absolute atomic E-state index is 0.125. The second-order valence-corrected chi connectivity index (χ2v) is 4.49. The van der Waals surface area contributed by atoms with Gasteiger partial charge in [0.05, 0.1) is 18.4 Å². The highest BCUT2D eigenvalue weighted by Gasteiger charge is 2.19. The van der Waals surface area contributed by atoms with E-state index in [4.69, 9.17) is 5.73 Å². The molecule has 0 fully saturated rings. The Bertz CT molecular complexity index is 366. The van der Waals surface area contributed by atoms with Gasteiger partial charge in [0.15, 0.2) is 0 Å². The summed E-state index contributed by atoms with van der Waals surface area (Å²) in [5, 5.41) is 2.54. The Labute approximate surface area is 107 Å². The van der Waals surface area contributed by atoms with E-state index in [1.807, 2.05) is 0 Å². The molecule has 0 radical (unpaired) electrons. The summed E-state index contributed by atoms with van der Waals surface area (Å²) < 4.78 is -0.125. The van der Waals surface area contributed by atoms with E-state index in [2.05, 4.69) is 15.3 Å². The predicted molar refractivity (Wildman–Crippen MR) is 66.9 cm³/mol. The highest BCUT2D eigenvalue weighted by Crippen LogP contribution is 1.98. The molecule has 0 aliphatic heterocycles. The molecule has 0 aliphatic rings. The van der Waals surface area contributed by atoms with Crippen LogP contribution in [0.4, 0.5) is 0 Å². The first kappa shape index (κ1) is 13.1. The van der Waals surface area contributed by atoms with E-state index in [-0.39, 0.29) is 9.70 Å². The van der Waals surface area contributed by atoms with Crippen molar-refractivity contribution in [1.82, 2.24) is 15.3 Å². The van der Waals surface area contributed by atoms with Crippen molar-refractivity contribution in [2.24, 2.45) is 5.73 Å². The number of nitrogens with two attached hydrogens (primary N) is 1.